The molecule has 3 amide bonds. The van der Waals surface area contributed by atoms with Crippen molar-refractivity contribution in [2.45, 2.75) is 66.1 Å². The van der Waals surface area contributed by atoms with Crippen molar-refractivity contribution in [2.75, 3.05) is 6.61 Å². The second kappa shape index (κ2) is 11.4. The zero-order chi connectivity index (χ0) is 19.6. The molecule has 25 heavy (non-hydrogen) atoms. The third-order valence-electron chi connectivity index (χ3n) is 3.47. The molecule has 0 saturated carbocycles. The fourth-order valence-corrected chi connectivity index (χ4v) is 2.17. The molecule has 0 bridgehead atoms. The molecule has 8 nitrogen and oxygen atoms in total. The van der Waals surface area contributed by atoms with E-state index in [0.29, 0.717) is 12.7 Å². The largest absolute Gasteiger partial charge is 0.450 e. The topological polar surface area (TPSA) is 114 Å². The quantitative estimate of drug-likeness (QED) is 0.505. The van der Waals surface area contributed by atoms with Crippen LogP contribution >= 0.6 is 0 Å². The van der Waals surface area contributed by atoms with Gasteiger partial charge in [0.25, 0.3) is 0 Å². The number of carbonyl (C=O) groups is 4. The van der Waals surface area contributed by atoms with Gasteiger partial charge in [-0.15, -0.1) is 0 Å². The van der Waals surface area contributed by atoms with Crippen LogP contribution in [0.4, 0.5) is 4.79 Å². The van der Waals surface area contributed by atoms with E-state index < -0.39 is 36.0 Å². The van der Waals surface area contributed by atoms with Crippen LogP contribution in [0.15, 0.2) is 0 Å². The average molecular weight is 357 g/mol. The van der Waals surface area contributed by atoms with Gasteiger partial charge in [0.15, 0.2) is 0 Å². The van der Waals surface area contributed by atoms with Crippen LogP contribution in [-0.4, -0.2) is 48.9 Å². The number of rotatable bonds is 10. The van der Waals surface area contributed by atoms with Crippen molar-refractivity contribution in [1.82, 2.24) is 16.0 Å². The number of amides is 3. The van der Waals surface area contributed by atoms with Gasteiger partial charge >= 0.3 is 6.09 Å². The SMILES string of the molecule is CCOC(=O)N[C@H](C(=O)N[C@@H](C)C(=O)N[C@H](C=O)CC(C)C)C(C)C. The first-order valence-corrected chi connectivity index (χ1v) is 8.61. The number of hydrogen-bond donors (Lipinski definition) is 3. The number of alkyl carbamates (subject to hydrolysis) is 1. The van der Waals surface area contributed by atoms with Crippen LogP contribution in [0.1, 0.15) is 48.0 Å². The number of aldehydes is 1. The first-order valence-electron chi connectivity index (χ1n) is 8.61. The molecule has 0 saturated heterocycles. The molecule has 0 aromatic heterocycles. The van der Waals surface area contributed by atoms with Gasteiger partial charge in [-0.1, -0.05) is 27.7 Å². The van der Waals surface area contributed by atoms with Crippen LogP contribution in [0.25, 0.3) is 0 Å². The monoisotopic (exact) mass is 357 g/mol. The summed E-state index contributed by atoms with van der Waals surface area (Å²) in [5.74, 6) is -0.884. The summed E-state index contributed by atoms with van der Waals surface area (Å²) >= 11 is 0. The lowest BCUT2D eigenvalue weighted by Crippen LogP contribution is -2.55. The van der Waals surface area contributed by atoms with E-state index in [1.807, 2.05) is 13.8 Å². The summed E-state index contributed by atoms with van der Waals surface area (Å²) in [5, 5.41) is 7.63. The predicted molar refractivity (Wildman–Crippen MR) is 93.8 cm³/mol. The van der Waals surface area contributed by atoms with Crippen LogP contribution in [0.3, 0.4) is 0 Å². The molecule has 0 fully saturated rings. The fourth-order valence-electron chi connectivity index (χ4n) is 2.17. The summed E-state index contributed by atoms with van der Waals surface area (Å²) < 4.78 is 4.78. The van der Waals surface area contributed by atoms with Gasteiger partial charge in [-0.25, -0.2) is 4.79 Å². The van der Waals surface area contributed by atoms with Crippen LogP contribution < -0.4 is 16.0 Å². The second-order valence-corrected chi connectivity index (χ2v) is 6.70. The Morgan fingerprint density at radius 1 is 0.960 bits per heavy atom. The fraction of sp³-hybridized carbons (Fsp3) is 0.765. The van der Waals surface area contributed by atoms with Crippen molar-refractivity contribution in [3.8, 4) is 0 Å². The maximum Gasteiger partial charge on any atom is 0.407 e. The smallest absolute Gasteiger partial charge is 0.407 e. The molecule has 0 aliphatic heterocycles. The van der Waals surface area contributed by atoms with Crippen molar-refractivity contribution in [3.05, 3.63) is 0 Å². The zero-order valence-electron chi connectivity index (χ0n) is 15.9. The molecule has 0 heterocycles. The maximum atomic E-state index is 12.3. The molecule has 8 heteroatoms. The molecule has 144 valence electrons. The Morgan fingerprint density at radius 3 is 2.00 bits per heavy atom. The van der Waals surface area contributed by atoms with E-state index in [0.717, 1.165) is 0 Å². The van der Waals surface area contributed by atoms with Gasteiger partial charge in [0, 0.05) is 0 Å². The summed E-state index contributed by atoms with van der Waals surface area (Å²) in [7, 11) is 0. The van der Waals surface area contributed by atoms with E-state index in [-0.39, 0.29) is 18.4 Å². The normalized spacial score (nSPS) is 14.4. The molecule has 3 atom stereocenters. The highest BCUT2D eigenvalue weighted by Gasteiger charge is 2.28. The summed E-state index contributed by atoms with van der Waals surface area (Å²) in [4.78, 5) is 47.1. The molecule has 0 aromatic carbocycles. The van der Waals surface area contributed by atoms with E-state index in [1.165, 1.54) is 6.92 Å². The average Bonchev–Trinajstić information content (AvgIpc) is 2.50. The lowest BCUT2D eigenvalue weighted by atomic mass is 10.0. The number of nitrogens with one attached hydrogen (secondary N) is 3. The summed E-state index contributed by atoms with van der Waals surface area (Å²) in [6.45, 7) is 10.8. The van der Waals surface area contributed by atoms with Crippen LogP contribution in [0.2, 0.25) is 0 Å². The molecule has 3 N–H and O–H groups in total. The molecule has 0 unspecified atom stereocenters. The van der Waals surface area contributed by atoms with Gasteiger partial charge in [-0.05, 0) is 32.1 Å². The Labute approximate surface area is 149 Å². The Morgan fingerprint density at radius 2 is 1.56 bits per heavy atom. The van der Waals surface area contributed by atoms with Crippen LogP contribution in [0, 0.1) is 11.8 Å². The highest BCUT2D eigenvalue weighted by Crippen LogP contribution is 2.05. The molecule has 0 spiro atoms. The van der Waals surface area contributed by atoms with Gasteiger partial charge in [-0.3, -0.25) is 9.59 Å². The third-order valence-corrected chi connectivity index (χ3v) is 3.47. The van der Waals surface area contributed by atoms with Gasteiger partial charge in [-0.2, -0.15) is 0 Å². The minimum absolute atomic E-state index is 0.191. The molecular weight excluding hydrogens is 326 g/mol. The second-order valence-electron chi connectivity index (χ2n) is 6.70. The summed E-state index contributed by atoms with van der Waals surface area (Å²) in [5.41, 5.74) is 0. The van der Waals surface area contributed by atoms with Crippen LogP contribution in [-0.2, 0) is 19.1 Å². The Balaban J connectivity index is 4.73. The third kappa shape index (κ3) is 9.07. The lowest BCUT2D eigenvalue weighted by Gasteiger charge is -2.24. The number of ether oxygens (including phenoxy) is 1. The minimum atomic E-state index is -0.840. The summed E-state index contributed by atoms with van der Waals surface area (Å²) in [6, 6.07) is -2.26. The van der Waals surface area contributed by atoms with Crippen molar-refractivity contribution >= 4 is 24.2 Å². The van der Waals surface area contributed by atoms with Crippen molar-refractivity contribution < 1.29 is 23.9 Å². The van der Waals surface area contributed by atoms with E-state index >= 15 is 0 Å². The van der Waals surface area contributed by atoms with Gasteiger partial charge in [0.1, 0.15) is 18.4 Å². The molecular formula is C17H31N3O5. The maximum absolute atomic E-state index is 12.3. The predicted octanol–water partition coefficient (Wildman–Crippen LogP) is 0.992. The summed E-state index contributed by atoms with van der Waals surface area (Å²) in [6.07, 6.45) is 0.520. The number of carbonyl (C=O) groups excluding carboxylic acids is 4. The molecule has 0 aliphatic rings. The molecule has 0 aromatic rings. The van der Waals surface area contributed by atoms with Crippen molar-refractivity contribution in [1.29, 1.82) is 0 Å². The highest BCUT2D eigenvalue weighted by molar-refractivity contribution is 5.92. The molecule has 0 aliphatic carbocycles. The highest BCUT2D eigenvalue weighted by atomic mass is 16.5. The molecule has 0 rings (SSSR count). The first kappa shape index (κ1) is 22.9. The lowest BCUT2D eigenvalue weighted by molar-refractivity contribution is -0.131. The van der Waals surface area contributed by atoms with E-state index in [2.05, 4.69) is 16.0 Å². The Hall–Kier alpha value is -2.12. The zero-order valence-corrected chi connectivity index (χ0v) is 15.9. The number of hydrogen-bond acceptors (Lipinski definition) is 5. The molecule has 0 radical (unpaired) electrons. The van der Waals surface area contributed by atoms with Gasteiger partial charge in [0.05, 0.1) is 12.6 Å². The Kier molecular flexibility index (Phi) is 10.5. The van der Waals surface area contributed by atoms with Gasteiger partial charge in [0.2, 0.25) is 11.8 Å². The van der Waals surface area contributed by atoms with E-state index in [1.54, 1.807) is 20.8 Å². The standard InChI is InChI=1S/C17H31N3O5/c1-7-25-17(24)20-14(11(4)5)16(23)18-12(6)15(22)19-13(9-21)8-10(2)3/h9-14H,7-8H2,1-6H3,(H,18,23)(H,19,22)(H,20,24)/t12-,13-,14-/m0/s1. The van der Waals surface area contributed by atoms with Crippen LogP contribution in [0.5, 0.6) is 0 Å². The van der Waals surface area contributed by atoms with Crippen molar-refractivity contribution in [3.63, 3.8) is 0 Å². The Bertz CT molecular complexity index is 465. The van der Waals surface area contributed by atoms with E-state index in [9.17, 15) is 19.2 Å². The van der Waals surface area contributed by atoms with E-state index in [4.69, 9.17) is 4.74 Å². The van der Waals surface area contributed by atoms with Gasteiger partial charge < -0.3 is 25.5 Å². The first-order chi connectivity index (χ1) is 11.6. The minimum Gasteiger partial charge on any atom is -0.450 e. The van der Waals surface area contributed by atoms with Crippen molar-refractivity contribution in [2.24, 2.45) is 11.8 Å².